The zero-order chi connectivity index (χ0) is 41.2. The lowest BCUT2D eigenvalue weighted by atomic mass is 9.59. The SMILES string of the molecule is c1ccc(-n2c3ccccc3c3ccc(N(c4ccc5oc6ccccc6c5c4)c4ccc5c6c(cccc46)C4(c6ccccc6Sc6ccccc64)c4ccccc4-5)cc32)cc1. The van der Waals surface area contributed by atoms with Gasteiger partial charge in [-0.25, -0.2) is 0 Å². The number of anilines is 3. The van der Waals surface area contributed by atoms with Gasteiger partial charge in [-0.1, -0.05) is 157 Å². The molecule has 0 fully saturated rings. The summed E-state index contributed by atoms with van der Waals surface area (Å²) in [5.41, 5.74) is 15.8. The fraction of sp³-hybridized carbons (Fsp3) is 0.0169. The summed E-state index contributed by atoms with van der Waals surface area (Å²) in [6.07, 6.45) is 0. The molecule has 0 amide bonds. The summed E-state index contributed by atoms with van der Waals surface area (Å²) in [4.78, 5) is 5.07. The van der Waals surface area contributed by atoms with Crippen LogP contribution in [0, 0.1) is 0 Å². The molecule has 0 radical (unpaired) electrons. The third-order valence-corrected chi connectivity index (χ3v) is 14.8. The smallest absolute Gasteiger partial charge is 0.135 e. The highest BCUT2D eigenvalue weighted by Crippen LogP contribution is 2.62. The van der Waals surface area contributed by atoms with Gasteiger partial charge in [-0.2, -0.15) is 0 Å². The summed E-state index contributed by atoms with van der Waals surface area (Å²) in [7, 11) is 0. The minimum Gasteiger partial charge on any atom is -0.456 e. The fourth-order valence-corrected chi connectivity index (χ4v) is 12.3. The first-order valence-corrected chi connectivity index (χ1v) is 22.4. The van der Waals surface area contributed by atoms with Crippen molar-refractivity contribution in [1.29, 1.82) is 0 Å². The molecule has 10 aromatic carbocycles. The summed E-state index contributed by atoms with van der Waals surface area (Å²) in [6.45, 7) is 0. The second-order valence-corrected chi connectivity index (χ2v) is 17.8. The number of rotatable bonds is 4. The molecule has 0 atom stereocenters. The lowest BCUT2D eigenvalue weighted by molar-refractivity contribution is 0.669. The van der Waals surface area contributed by atoms with Crippen molar-refractivity contribution in [1.82, 2.24) is 4.57 Å². The van der Waals surface area contributed by atoms with Crippen molar-refractivity contribution in [3.8, 4) is 16.8 Å². The predicted octanol–water partition coefficient (Wildman–Crippen LogP) is 16.1. The van der Waals surface area contributed by atoms with Crippen LogP contribution in [0.25, 0.3) is 71.3 Å². The summed E-state index contributed by atoms with van der Waals surface area (Å²) in [6, 6.07) is 80.5. The summed E-state index contributed by atoms with van der Waals surface area (Å²) in [5, 5.41) is 7.14. The molecular weight excluding hydrogens is 785 g/mol. The van der Waals surface area contributed by atoms with Crippen molar-refractivity contribution in [2.45, 2.75) is 15.2 Å². The molecule has 1 aliphatic heterocycles. The molecule has 2 aliphatic rings. The summed E-state index contributed by atoms with van der Waals surface area (Å²) >= 11 is 1.88. The van der Waals surface area contributed by atoms with Crippen LogP contribution >= 0.6 is 11.8 Å². The summed E-state index contributed by atoms with van der Waals surface area (Å²) < 4.78 is 8.82. The zero-order valence-electron chi connectivity index (χ0n) is 34.0. The first-order chi connectivity index (χ1) is 31.3. The van der Waals surface area contributed by atoms with Crippen LogP contribution in [0.1, 0.15) is 22.3 Å². The van der Waals surface area contributed by atoms with E-state index in [0.29, 0.717) is 0 Å². The van der Waals surface area contributed by atoms with Crippen LogP contribution in [0.2, 0.25) is 0 Å². The van der Waals surface area contributed by atoms with E-state index >= 15 is 0 Å². The standard InChI is InChI=1S/C59H36N2OS/c1-2-15-37(16-3-1)61-51-25-10-5-18-41(51)42-31-29-39(36-53(42)61)60(38-30-34-55-46(35-38)43-19-6-11-26-54(43)62-55)52-33-32-44-40-17-4-7-21-47(40)59(50-24-14-20-45(52)58(44)50)48-22-8-12-27-56(48)63-57-28-13-9-23-49(57)59/h1-36H. The van der Waals surface area contributed by atoms with E-state index < -0.39 is 5.41 Å². The molecule has 0 saturated carbocycles. The highest BCUT2D eigenvalue weighted by atomic mass is 32.2. The number of fused-ring (bicyclic) bond motifs is 14. The second-order valence-electron chi connectivity index (χ2n) is 16.8. The molecule has 3 nitrogen and oxygen atoms in total. The molecule has 4 heteroatoms. The van der Waals surface area contributed by atoms with Crippen molar-refractivity contribution in [3.63, 3.8) is 0 Å². The van der Waals surface area contributed by atoms with Crippen LogP contribution in [0.15, 0.2) is 233 Å². The van der Waals surface area contributed by atoms with Gasteiger partial charge < -0.3 is 13.9 Å². The Balaban J connectivity index is 1.10. The average molecular weight is 821 g/mol. The molecule has 0 N–H and O–H groups in total. The molecule has 0 saturated heterocycles. The van der Waals surface area contributed by atoms with Gasteiger partial charge >= 0.3 is 0 Å². The monoisotopic (exact) mass is 820 g/mol. The van der Waals surface area contributed by atoms with Gasteiger partial charge in [0, 0.05) is 53.8 Å². The maximum atomic E-state index is 6.41. The molecule has 1 aliphatic carbocycles. The molecule has 1 spiro atoms. The van der Waals surface area contributed by atoms with Crippen LogP contribution in [0.3, 0.4) is 0 Å². The highest BCUT2D eigenvalue weighted by Gasteiger charge is 2.48. The van der Waals surface area contributed by atoms with E-state index in [2.05, 4.69) is 222 Å². The Morgan fingerprint density at radius 2 is 1.02 bits per heavy atom. The fourth-order valence-electron chi connectivity index (χ4n) is 11.1. The van der Waals surface area contributed by atoms with E-state index in [1.165, 1.54) is 70.2 Å². The van der Waals surface area contributed by atoms with E-state index in [0.717, 1.165) is 50.2 Å². The number of hydrogen-bond acceptors (Lipinski definition) is 3. The topological polar surface area (TPSA) is 21.3 Å². The molecule has 3 heterocycles. The van der Waals surface area contributed by atoms with Crippen molar-refractivity contribution < 1.29 is 4.42 Å². The maximum absolute atomic E-state index is 6.41. The molecule has 0 unspecified atom stereocenters. The van der Waals surface area contributed by atoms with Crippen LogP contribution in [0.5, 0.6) is 0 Å². The largest absolute Gasteiger partial charge is 0.456 e. The van der Waals surface area contributed by atoms with E-state index in [-0.39, 0.29) is 0 Å². The van der Waals surface area contributed by atoms with Crippen LogP contribution in [0.4, 0.5) is 17.1 Å². The van der Waals surface area contributed by atoms with E-state index in [1.807, 2.05) is 17.8 Å². The Bertz CT molecular complexity index is 3810. The van der Waals surface area contributed by atoms with Gasteiger partial charge in [0.05, 0.1) is 22.1 Å². The van der Waals surface area contributed by atoms with Crippen molar-refractivity contribution in [3.05, 3.63) is 241 Å². The summed E-state index contributed by atoms with van der Waals surface area (Å²) in [5.74, 6) is 0. The lowest BCUT2D eigenvalue weighted by Gasteiger charge is -2.46. The lowest BCUT2D eigenvalue weighted by Crippen LogP contribution is -2.36. The van der Waals surface area contributed by atoms with Crippen molar-refractivity contribution in [2.75, 3.05) is 4.90 Å². The highest BCUT2D eigenvalue weighted by molar-refractivity contribution is 7.99. The molecule has 12 aromatic rings. The third kappa shape index (κ3) is 4.76. The average Bonchev–Trinajstić information content (AvgIpc) is 3.89. The van der Waals surface area contributed by atoms with Crippen LogP contribution in [-0.2, 0) is 5.41 Å². The van der Waals surface area contributed by atoms with Gasteiger partial charge in [-0.05, 0) is 112 Å². The number of nitrogens with zero attached hydrogens (tertiary/aromatic N) is 2. The van der Waals surface area contributed by atoms with Gasteiger partial charge in [-0.3, -0.25) is 0 Å². The zero-order valence-corrected chi connectivity index (χ0v) is 34.8. The first-order valence-electron chi connectivity index (χ1n) is 21.6. The predicted molar refractivity (Wildman–Crippen MR) is 262 cm³/mol. The quantitative estimate of drug-likeness (QED) is 0.176. The second kappa shape index (κ2) is 13.1. The maximum Gasteiger partial charge on any atom is 0.135 e. The number of benzene rings is 10. The Hall–Kier alpha value is -7.79. The normalized spacial score (nSPS) is 13.5. The molecule has 0 bridgehead atoms. The van der Waals surface area contributed by atoms with Gasteiger partial charge in [-0.15, -0.1) is 0 Å². The van der Waals surface area contributed by atoms with Crippen LogP contribution < -0.4 is 4.90 Å². The van der Waals surface area contributed by atoms with Crippen LogP contribution in [-0.4, -0.2) is 4.57 Å². The van der Waals surface area contributed by atoms with Crippen molar-refractivity contribution in [2.24, 2.45) is 0 Å². The minimum absolute atomic E-state index is 0.519. The molecule has 2 aromatic heterocycles. The van der Waals surface area contributed by atoms with Crippen molar-refractivity contribution >= 4 is 83.3 Å². The first kappa shape index (κ1) is 34.9. The van der Waals surface area contributed by atoms with E-state index in [9.17, 15) is 0 Å². The third-order valence-electron chi connectivity index (χ3n) is 13.6. The Kier molecular flexibility index (Phi) is 7.26. The number of furan rings is 1. The number of aromatic nitrogens is 1. The Labute approximate surface area is 368 Å². The minimum atomic E-state index is -0.519. The molecular formula is C59H36N2OS. The van der Waals surface area contributed by atoms with E-state index in [1.54, 1.807) is 0 Å². The molecule has 63 heavy (non-hydrogen) atoms. The van der Waals surface area contributed by atoms with Gasteiger partial charge in [0.2, 0.25) is 0 Å². The Morgan fingerprint density at radius 3 is 1.86 bits per heavy atom. The molecule has 14 rings (SSSR count). The van der Waals surface area contributed by atoms with E-state index in [4.69, 9.17) is 4.42 Å². The number of hydrogen-bond donors (Lipinski definition) is 0. The molecule has 294 valence electrons. The van der Waals surface area contributed by atoms with Gasteiger partial charge in [0.15, 0.2) is 0 Å². The van der Waals surface area contributed by atoms with Gasteiger partial charge in [0.1, 0.15) is 11.2 Å². The Morgan fingerprint density at radius 1 is 0.397 bits per heavy atom. The number of para-hydroxylation sites is 3. The van der Waals surface area contributed by atoms with Gasteiger partial charge in [0.25, 0.3) is 0 Å².